The lowest BCUT2D eigenvalue weighted by molar-refractivity contribution is 0.0958. The van der Waals surface area contributed by atoms with Crippen molar-refractivity contribution in [1.29, 1.82) is 0 Å². The van der Waals surface area contributed by atoms with E-state index < -0.39 is 11.7 Å². The molecule has 0 radical (unpaired) electrons. The van der Waals surface area contributed by atoms with Crippen molar-refractivity contribution < 1.29 is 9.18 Å². The molecule has 4 N–H and O–H groups in total. The first-order chi connectivity index (χ1) is 11.5. The van der Waals surface area contributed by atoms with Crippen molar-refractivity contribution in [2.24, 2.45) is 0 Å². The monoisotopic (exact) mass is 332 g/mol. The largest absolute Gasteiger partial charge is 0.393 e. The van der Waals surface area contributed by atoms with E-state index in [1.54, 1.807) is 6.07 Å². The van der Waals surface area contributed by atoms with Gasteiger partial charge in [-0.2, -0.15) is 0 Å². The number of amides is 1. The van der Waals surface area contributed by atoms with Gasteiger partial charge in [0.05, 0.1) is 5.56 Å². The predicted octanol–water partition coefficient (Wildman–Crippen LogP) is 2.19. The number of unbranched alkanes of at least 4 members (excludes halogenated alkanes) is 1. The first-order valence-electron chi connectivity index (χ1n) is 7.67. The van der Waals surface area contributed by atoms with Crippen molar-refractivity contribution in [1.82, 2.24) is 15.4 Å². The standard InChI is InChI=1S/C16H21FN6O/c1-3-4-9-23(2)15-13(18)14(19-10-20-15)21-22-16(24)11-7-5-6-8-12(11)17/h5-8,10H,3-4,9,18H2,1-2H3,(H,22,24)(H,19,20,21). The van der Waals surface area contributed by atoms with E-state index in [1.165, 1.54) is 24.5 Å². The summed E-state index contributed by atoms with van der Waals surface area (Å²) in [5.41, 5.74) is 11.3. The number of hydrazine groups is 1. The third-order valence-corrected chi connectivity index (χ3v) is 3.48. The lowest BCUT2D eigenvalue weighted by atomic mass is 10.2. The first kappa shape index (κ1) is 17.5. The maximum absolute atomic E-state index is 13.6. The van der Waals surface area contributed by atoms with Crippen molar-refractivity contribution in [2.75, 3.05) is 29.7 Å². The van der Waals surface area contributed by atoms with Crippen LogP contribution in [0.4, 0.5) is 21.7 Å². The zero-order valence-corrected chi connectivity index (χ0v) is 13.7. The normalized spacial score (nSPS) is 10.3. The highest BCUT2D eigenvalue weighted by atomic mass is 19.1. The highest BCUT2D eigenvalue weighted by molar-refractivity contribution is 5.95. The summed E-state index contributed by atoms with van der Waals surface area (Å²) >= 11 is 0. The van der Waals surface area contributed by atoms with Crippen LogP contribution in [0.5, 0.6) is 0 Å². The zero-order valence-electron chi connectivity index (χ0n) is 13.7. The quantitative estimate of drug-likeness (QED) is 0.673. The van der Waals surface area contributed by atoms with E-state index in [9.17, 15) is 9.18 Å². The molecule has 0 spiro atoms. The SMILES string of the molecule is CCCCN(C)c1ncnc(NNC(=O)c2ccccc2F)c1N. The number of aromatic nitrogens is 2. The Bertz CT molecular complexity index is 709. The molecule has 0 aliphatic rings. The summed E-state index contributed by atoms with van der Waals surface area (Å²) < 4.78 is 13.6. The van der Waals surface area contributed by atoms with Crippen LogP contribution in [0.15, 0.2) is 30.6 Å². The van der Waals surface area contributed by atoms with E-state index in [2.05, 4.69) is 27.7 Å². The van der Waals surface area contributed by atoms with Gasteiger partial charge in [-0.3, -0.25) is 15.6 Å². The minimum atomic E-state index is -0.619. The number of rotatable bonds is 7. The molecular weight excluding hydrogens is 311 g/mol. The molecule has 1 amide bonds. The Hall–Kier alpha value is -2.90. The summed E-state index contributed by atoms with van der Waals surface area (Å²) in [7, 11) is 1.88. The van der Waals surface area contributed by atoms with Crippen molar-refractivity contribution in [3.63, 3.8) is 0 Å². The van der Waals surface area contributed by atoms with Gasteiger partial charge in [-0.05, 0) is 18.6 Å². The topological polar surface area (TPSA) is 96.2 Å². The smallest absolute Gasteiger partial charge is 0.272 e. The van der Waals surface area contributed by atoms with E-state index in [-0.39, 0.29) is 11.4 Å². The van der Waals surface area contributed by atoms with Crippen LogP contribution in [0.1, 0.15) is 30.1 Å². The summed E-state index contributed by atoms with van der Waals surface area (Å²) in [4.78, 5) is 22.1. The molecule has 0 bridgehead atoms. The second kappa shape index (κ2) is 8.09. The first-order valence-corrected chi connectivity index (χ1v) is 7.67. The molecule has 0 unspecified atom stereocenters. The Kier molecular flexibility index (Phi) is 5.89. The predicted molar refractivity (Wildman–Crippen MR) is 92.1 cm³/mol. The number of hydrogen-bond donors (Lipinski definition) is 3. The van der Waals surface area contributed by atoms with Gasteiger partial charge in [-0.1, -0.05) is 25.5 Å². The highest BCUT2D eigenvalue weighted by Gasteiger charge is 2.14. The maximum atomic E-state index is 13.6. The molecule has 7 nitrogen and oxygen atoms in total. The molecule has 24 heavy (non-hydrogen) atoms. The third kappa shape index (κ3) is 4.09. The van der Waals surface area contributed by atoms with Crippen LogP contribution in [0, 0.1) is 5.82 Å². The molecule has 0 saturated heterocycles. The van der Waals surface area contributed by atoms with Gasteiger partial charge < -0.3 is 10.6 Å². The number of carbonyl (C=O) groups is 1. The second-order valence-electron chi connectivity index (χ2n) is 5.29. The molecule has 0 saturated carbocycles. The minimum Gasteiger partial charge on any atom is -0.393 e. The molecule has 1 aromatic carbocycles. The number of benzene rings is 1. The van der Waals surface area contributed by atoms with Crippen molar-refractivity contribution in [3.05, 3.63) is 42.0 Å². The fourth-order valence-corrected chi connectivity index (χ4v) is 2.12. The van der Waals surface area contributed by atoms with Gasteiger partial charge in [0, 0.05) is 13.6 Å². The number of nitrogen functional groups attached to an aromatic ring is 1. The van der Waals surface area contributed by atoms with Crippen LogP contribution >= 0.6 is 0 Å². The zero-order chi connectivity index (χ0) is 17.5. The Balaban J connectivity index is 2.08. The van der Waals surface area contributed by atoms with Gasteiger partial charge in [0.25, 0.3) is 5.91 Å². The summed E-state index contributed by atoms with van der Waals surface area (Å²) in [6, 6.07) is 5.70. The van der Waals surface area contributed by atoms with Crippen molar-refractivity contribution in [3.8, 4) is 0 Å². The number of halogens is 1. The number of carbonyl (C=O) groups excluding carboxylic acids is 1. The van der Waals surface area contributed by atoms with E-state index in [1.807, 2.05) is 11.9 Å². The molecular formula is C16H21FN6O. The fourth-order valence-electron chi connectivity index (χ4n) is 2.12. The van der Waals surface area contributed by atoms with Crippen molar-refractivity contribution >= 4 is 23.2 Å². The highest BCUT2D eigenvalue weighted by Crippen LogP contribution is 2.24. The molecule has 1 heterocycles. The Morgan fingerprint density at radius 2 is 2.08 bits per heavy atom. The second-order valence-corrected chi connectivity index (χ2v) is 5.29. The Labute approximate surface area is 140 Å². The van der Waals surface area contributed by atoms with Crippen LogP contribution < -0.4 is 21.5 Å². The number of nitrogens with zero attached hydrogens (tertiary/aromatic N) is 3. The van der Waals surface area contributed by atoms with Gasteiger partial charge in [-0.25, -0.2) is 14.4 Å². The van der Waals surface area contributed by atoms with Crippen LogP contribution in [0.2, 0.25) is 0 Å². The molecule has 1 aromatic heterocycles. The number of hydrogen-bond acceptors (Lipinski definition) is 6. The molecule has 8 heteroatoms. The minimum absolute atomic E-state index is 0.0714. The Morgan fingerprint density at radius 3 is 2.79 bits per heavy atom. The third-order valence-electron chi connectivity index (χ3n) is 3.48. The van der Waals surface area contributed by atoms with E-state index in [0.717, 1.165) is 19.4 Å². The van der Waals surface area contributed by atoms with Gasteiger partial charge in [-0.15, -0.1) is 0 Å². The van der Waals surface area contributed by atoms with Gasteiger partial charge in [0.1, 0.15) is 17.8 Å². The number of nitrogens with one attached hydrogen (secondary N) is 2. The van der Waals surface area contributed by atoms with Crippen LogP contribution in [0.3, 0.4) is 0 Å². The number of anilines is 3. The summed E-state index contributed by atoms with van der Waals surface area (Å²) in [6.45, 7) is 2.90. The Morgan fingerprint density at radius 1 is 1.33 bits per heavy atom. The summed E-state index contributed by atoms with van der Waals surface area (Å²) in [5.74, 6) is -0.395. The fraction of sp³-hybridized carbons (Fsp3) is 0.312. The van der Waals surface area contributed by atoms with Crippen LogP contribution in [-0.2, 0) is 0 Å². The summed E-state index contributed by atoms with van der Waals surface area (Å²) in [5, 5.41) is 0. The molecule has 128 valence electrons. The van der Waals surface area contributed by atoms with Gasteiger partial charge in [0.15, 0.2) is 11.6 Å². The average Bonchev–Trinajstić information content (AvgIpc) is 2.59. The summed E-state index contributed by atoms with van der Waals surface area (Å²) in [6.07, 6.45) is 3.41. The van der Waals surface area contributed by atoms with Crippen molar-refractivity contribution in [2.45, 2.75) is 19.8 Å². The van der Waals surface area contributed by atoms with E-state index in [0.29, 0.717) is 11.5 Å². The van der Waals surface area contributed by atoms with Crippen LogP contribution in [0.25, 0.3) is 0 Å². The maximum Gasteiger partial charge on any atom is 0.272 e. The van der Waals surface area contributed by atoms with Gasteiger partial charge in [0.2, 0.25) is 0 Å². The molecule has 0 fully saturated rings. The van der Waals surface area contributed by atoms with Crippen LogP contribution in [-0.4, -0.2) is 29.5 Å². The number of nitrogens with two attached hydrogens (primary N) is 1. The van der Waals surface area contributed by atoms with E-state index >= 15 is 0 Å². The molecule has 0 aliphatic heterocycles. The van der Waals surface area contributed by atoms with E-state index in [4.69, 9.17) is 5.73 Å². The molecule has 0 aliphatic carbocycles. The lowest BCUT2D eigenvalue weighted by Crippen LogP contribution is -2.31. The average molecular weight is 332 g/mol. The molecule has 2 aromatic rings. The molecule has 0 atom stereocenters. The molecule has 2 rings (SSSR count). The van der Waals surface area contributed by atoms with Gasteiger partial charge >= 0.3 is 0 Å². The lowest BCUT2D eigenvalue weighted by Gasteiger charge is -2.20.